The van der Waals surface area contributed by atoms with Crippen molar-refractivity contribution in [2.45, 2.75) is 19.4 Å². The molecule has 1 aromatic carbocycles. The Labute approximate surface area is 88.8 Å². The van der Waals surface area contributed by atoms with Gasteiger partial charge < -0.3 is 11.5 Å². The second-order valence-corrected chi connectivity index (χ2v) is 3.41. The van der Waals surface area contributed by atoms with Gasteiger partial charge in [0.25, 0.3) is 0 Å². The van der Waals surface area contributed by atoms with E-state index in [0.717, 1.165) is 12.0 Å². The van der Waals surface area contributed by atoms with Crippen LogP contribution in [0.2, 0.25) is 5.02 Å². The molecule has 0 fully saturated rings. The Morgan fingerprint density at radius 2 is 2.07 bits per heavy atom. The quantitative estimate of drug-likeness (QED) is 0.594. The third kappa shape index (κ3) is 2.64. The number of guanidine groups is 1. The van der Waals surface area contributed by atoms with Crippen LogP contribution in [0.5, 0.6) is 0 Å². The molecule has 0 aliphatic carbocycles. The molecule has 14 heavy (non-hydrogen) atoms. The highest BCUT2D eigenvalue weighted by Crippen LogP contribution is 2.27. The molecule has 0 aliphatic rings. The summed E-state index contributed by atoms with van der Waals surface area (Å²) in [5.41, 5.74) is 11.6. The Bertz CT molecular complexity index is 332. The number of benzene rings is 1. The highest BCUT2D eigenvalue weighted by molar-refractivity contribution is 6.31. The van der Waals surface area contributed by atoms with Crippen LogP contribution in [0.25, 0.3) is 0 Å². The SMILES string of the molecule is CCC(N=C(N)N)c1ccccc1Cl. The van der Waals surface area contributed by atoms with Crippen LogP contribution in [-0.4, -0.2) is 5.96 Å². The van der Waals surface area contributed by atoms with E-state index in [1.54, 1.807) is 0 Å². The molecule has 1 rings (SSSR count). The zero-order chi connectivity index (χ0) is 10.6. The molecule has 0 radical (unpaired) electrons. The minimum atomic E-state index is -0.0475. The van der Waals surface area contributed by atoms with Gasteiger partial charge in [-0.05, 0) is 18.1 Å². The number of aliphatic imine (C=N–C) groups is 1. The molecule has 1 atom stereocenters. The van der Waals surface area contributed by atoms with Gasteiger partial charge in [0.15, 0.2) is 5.96 Å². The van der Waals surface area contributed by atoms with Gasteiger partial charge in [0.2, 0.25) is 0 Å². The van der Waals surface area contributed by atoms with Gasteiger partial charge in [0.1, 0.15) is 0 Å². The van der Waals surface area contributed by atoms with Crippen molar-refractivity contribution in [3.05, 3.63) is 34.9 Å². The molecule has 4 N–H and O–H groups in total. The summed E-state index contributed by atoms with van der Waals surface area (Å²) in [4.78, 5) is 4.11. The number of hydrogen-bond acceptors (Lipinski definition) is 1. The van der Waals surface area contributed by atoms with E-state index in [-0.39, 0.29) is 12.0 Å². The summed E-state index contributed by atoms with van der Waals surface area (Å²) in [6.07, 6.45) is 0.821. The van der Waals surface area contributed by atoms with E-state index in [1.807, 2.05) is 31.2 Å². The molecule has 0 saturated heterocycles. The normalized spacial score (nSPS) is 12.1. The fraction of sp³-hybridized carbons (Fsp3) is 0.300. The van der Waals surface area contributed by atoms with Crippen LogP contribution >= 0.6 is 11.6 Å². The summed E-state index contributed by atoms with van der Waals surface area (Å²) in [6, 6.07) is 7.53. The summed E-state index contributed by atoms with van der Waals surface area (Å²) in [5.74, 6) is 0.0942. The topological polar surface area (TPSA) is 64.4 Å². The van der Waals surface area contributed by atoms with Crippen molar-refractivity contribution in [3.8, 4) is 0 Å². The first-order valence-corrected chi connectivity index (χ1v) is 4.86. The van der Waals surface area contributed by atoms with Gasteiger partial charge in [-0.3, -0.25) is 0 Å². The Balaban J connectivity index is 3.01. The maximum absolute atomic E-state index is 6.03. The van der Waals surface area contributed by atoms with E-state index in [4.69, 9.17) is 23.1 Å². The van der Waals surface area contributed by atoms with Crippen molar-refractivity contribution in [1.82, 2.24) is 0 Å². The van der Waals surface area contributed by atoms with Crippen molar-refractivity contribution < 1.29 is 0 Å². The Morgan fingerprint density at radius 3 is 2.57 bits per heavy atom. The minimum absolute atomic E-state index is 0.0475. The zero-order valence-electron chi connectivity index (χ0n) is 8.07. The molecule has 1 unspecified atom stereocenters. The number of nitrogens with zero attached hydrogens (tertiary/aromatic N) is 1. The van der Waals surface area contributed by atoms with Crippen LogP contribution in [0.1, 0.15) is 24.9 Å². The molecule has 0 saturated carbocycles. The fourth-order valence-electron chi connectivity index (χ4n) is 1.31. The van der Waals surface area contributed by atoms with E-state index in [2.05, 4.69) is 4.99 Å². The van der Waals surface area contributed by atoms with E-state index in [0.29, 0.717) is 5.02 Å². The molecule has 76 valence electrons. The first-order valence-electron chi connectivity index (χ1n) is 4.48. The van der Waals surface area contributed by atoms with Gasteiger partial charge >= 0.3 is 0 Å². The smallest absolute Gasteiger partial charge is 0.186 e. The Morgan fingerprint density at radius 1 is 1.43 bits per heavy atom. The molecule has 1 aromatic rings. The molecule has 0 amide bonds. The summed E-state index contributed by atoms with van der Waals surface area (Å²) in [7, 11) is 0. The van der Waals surface area contributed by atoms with E-state index < -0.39 is 0 Å². The lowest BCUT2D eigenvalue weighted by Gasteiger charge is -2.12. The summed E-state index contributed by atoms with van der Waals surface area (Å²) < 4.78 is 0. The zero-order valence-corrected chi connectivity index (χ0v) is 8.83. The van der Waals surface area contributed by atoms with Crippen molar-refractivity contribution >= 4 is 17.6 Å². The number of halogens is 1. The van der Waals surface area contributed by atoms with Crippen LogP contribution in [0, 0.1) is 0 Å². The third-order valence-electron chi connectivity index (χ3n) is 1.96. The summed E-state index contributed by atoms with van der Waals surface area (Å²) in [5, 5.41) is 0.698. The maximum atomic E-state index is 6.03. The van der Waals surface area contributed by atoms with Gasteiger partial charge in [-0.2, -0.15) is 0 Å². The molecular formula is C10H14ClN3. The van der Waals surface area contributed by atoms with Crippen molar-refractivity contribution in [3.63, 3.8) is 0 Å². The molecule has 0 aliphatic heterocycles. The second kappa shape index (κ2) is 4.86. The predicted molar refractivity (Wildman–Crippen MR) is 60.3 cm³/mol. The third-order valence-corrected chi connectivity index (χ3v) is 2.30. The van der Waals surface area contributed by atoms with E-state index >= 15 is 0 Å². The van der Waals surface area contributed by atoms with Crippen LogP contribution in [-0.2, 0) is 0 Å². The molecule has 0 bridgehead atoms. The average molecular weight is 212 g/mol. The first kappa shape index (κ1) is 10.9. The summed E-state index contributed by atoms with van der Waals surface area (Å²) >= 11 is 6.03. The van der Waals surface area contributed by atoms with Crippen molar-refractivity contribution in [1.29, 1.82) is 0 Å². The number of hydrogen-bond donors (Lipinski definition) is 2. The van der Waals surface area contributed by atoms with Crippen LogP contribution in [0.4, 0.5) is 0 Å². The van der Waals surface area contributed by atoms with Crippen molar-refractivity contribution in [2.75, 3.05) is 0 Å². The lowest BCUT2D eigenvalue weighted by Crippen LogP contribution is -2.23. The Hall–Kier alpha value is -1.22. The lowest BCUT2D eigenvalue weighted by atomic mass is 10.1. The van der Waals surface area contributed by atoms with Crippen molar-refractivity contribution in [2.24, 2.45) is 16.5 Å². The van der Waals surface area contributed by atoms with Crippen LogP contribution in [0.3, 0.4) is 0 Å². The summed E-state index contributed by atoms with van der Waals surface area (Å²) in [6.45, 7) is 2.01. The standard InChI is InChI=1S/C10H14ClN3/c1-2-9(14-10(12)13)7-5-3-4-6-8(7)11/h3-6,9H,2H2,1H3,(H4,12,13,14). The van der Waals surface area contributed by atoms with Gasteiger partial charge in [-0.25, -0.2) is 4.99 Å². The molecular weight excluding hydrogens is 198 g/mol. The van der Waals surface area contributed by atoms with E-state index in [1.165, 1.54) is 0 Å². The monoisotopic (exact) mass is 211 g/mol. The predicted octanol–water partition coefficient (Wildman–Crippen LogP) is 2.06. The van der Waals surface area contributed by atoms with Gasteiger partial charge in [0, 0.05) is 5.02 Å². The fourth-order valence-corrected chi connectivity index (χ4v) is 1.57. The number of nitrogens with two attached hydrogens (primary N) is 2. The molecule has 0 heterocycles. The number of rotatable bonds is 3. The molecule has 0 aromatic heterocycles. The maximum Gasteiger partial charge on any atom is 0.186 e. The average Bonchev–Trinajstić information content (AvgIpc) is 2.15. The lowest BCUT2D eigenvalue weighted by molar-refractivity contribution is 0.699. The van der Waals surface area contributed by atoms with Gasteiger partial charge in [-0.1, -0.05) is 36.7 Å². The highest BCUT2D eigenvalue weighted by atomic mass is 35.5. The Kier molecular flexibility index (Phi) is 3.77. The van der Waals surface area contributed by atoms with Crippen LogP contribution in [0.15, 0.2) is 29.3 Å². The van der Waals surface area contributed by atoms with Gasteiger partial charge in [0.05, 0.1) is 6.04 Å². The molecule has 4 heteroatoms. The first-order chi connectivity index (χ1) is 6.65. The van der Waals surface area contributed by atoms with Crippen LogP contribution < -0.4 is 11.5 Å². The highest BCUT2D eigenvalue weighted by Gasteiger charge is 2.10. The second-order valence-electron chi connectivity index (χ2n) is 3.00. The molecule has 3 nitrogen and oxygen atoms in total. The molecule has 0 spiro atoms. The van der Waals surface area contributed by atoms with Gasteiger partial charge in [-0.15, -0.1) is 0 Å². The van der Waals surface area contributed by atoms with E-state index in [9.17, 15) is 0 Å². The minimum Gasteiger partial charge on any atom is -0.370 e. The largest absolute Gasteiger partial charge is 0.370 e.